The summed E-state index contributed by atoms with van der Waals surface area (Å²) in [5.41, 5.74) is 0.449. The molecule has 0 saturated carbocycles. The second kappa shape index (κ2) is 7.02. The predicted octanol–water partition coefficient (Wildman–Crippen LogP) is 4.15. The van der Waals surface area contributed by atoms with E-state index in [2.05, 4.69) is 22.2 Å². The van der Waals surface area contributed by atoms with Gasteiger partial charge in [0.2, 0.25) is 0 Å². The van der Waals surface area contributed by atoms with Crippen molar-refractivity contribution >= 4 is 22.4 Å². The lowest BCUT2D eigenvalue weighted by Gasteiger charge is -2.10. The molecule has 1 N–H and O–H groups in total. The van der Waals surface area contributed by atoms with Crippen LogP contribution in [0.15, 0.2) is 55.0 Å². The Kier molecular flexibility index (Phi) is 4.63. The molecule has 1 amide bonds. The summed E-state index contributed by atoms with van der Waals surface area (Å²) in [5.74, 6) is 0.807. The lowest BCUT2D eigenvalue weighted by Crippen LogP contribution is -2.12. The van der Waals surface area contributed by atoms with Crippen molar-refractivity contribution in [2.45, 2.75) is 13.3 Å². The number of nitrogens with one attached hydrogen (secondary N) is 1. The third-order valence-corrected chi connectivity index (χ3v) is 4.17. The van der Waals surface area contributed by atoms with Gasteiger partial charge in [-0.15, -0.1) is 11.3 Å². The van der Waals surface area contributed by atoms with Crippen LogP contribution in [0.25, 0.3) is 0 Å². The third kappa shape index (κ3) is 3.73. The molecule has 1 aromatic carbocycles. The maximum absolute atomic E-state index is 12.5. The highest BCUT2D eigenvalue weighted by Crippen LogP contribution is 2.26. The van der Waals surface area contributed by atoms with Crippen LogP contribution >= 0.6 is 11.3 Å². The number of carbonyl (C=O) groups excluding carboxylic acids is 1. The van der Waals surface area contributed by atoms with Gasteiger partial charge < -0.3 is 4.74 Å². The number of anilines is 1. The van der Waals surface area contributed by atoms with Crippen molar-refractivity contribution in [2.24, 2.45) is 0 Å². The van der Waals surface area contributed by atoms with Gasteiger partial charge in [0.05, 0.1) is 11.8 Å². The largest absolute Gasteiger partial charge is 0.455 e. The Hall–Kier alpha value is -2.73. The van der Waals surface area contributed by atoms with Gasteiger partial charge >= 0.3 is 0 Å². The number of para-hydroxylation sites is 1. The van der Waals surface area contributed by atoms with Gasteiger partial charge in [-0.25, -0.2) is 4.98 Å². The lowest BCUT2D eigenvalue weighted by atomic mass is 10.2. The van der Waals surface area contributed by atoms with Gasteiger partial charge in [-0.1, -0.05) is 19.1 Å². The first-order valence-corrected chi connectivity index (χ1v) is 8.01. The van der Waals surface area contributed by atoms with Crippen LogP contribution in [0.5, 0.6) is 11.5 Å². The molecular formula is C17H15N3O2S. The summed E-state index contributed by atoms with van der Waals surface area (Å²) in [6.07, 6.45) is 5.94. The molecule has 0 aliphatic heterocycles. The number of hydrogen-bond donors (Lipinski definition) is 1. The van der Waals surface area contributed by atoms with Crippen LogP contribution in [0.3, 0.4) is 0 Å². The van der Waals surface area contributed by atoms with E-state index in [1.54, 1.807) is 48.9 Å². The molecule has 0 aliphatic carbocycles. The van der Waals surface area contributed by atoms with Crippen molar-refractivity contribution in [3.63, 3.8) is 0 Å². The summed E-state index contributed by atoms with van der Waals surface area (Å²) in [6.45, 7) is 2.05. The Morgan fingerprint density at radius 3 is 2.83 bits per heavy atom. The monoisotopic (exact) mass is 325 g/mol. The number of ether oxygens (including phenoxy) is 1. The van der Waals surface area contributed by atoms with E-state index in [9.17, 15) is 4.79 Å². The minimum atomic E-state index is -0.249. The zero-order valence-electron chi connectivity index (χ0n) is 12.5. The zero-order chi connectivity index (χ0) is 16.1. The van der Waals surface area contributed by atoms with Gasteiger partial charge in [-0.3, -0.25) is 15.1 Å². The Labute approximate surface area is 138 Å². The van der Waals surface area contributed by atoms with E-state index >= 15 is 0 Å². The van der Waals surface area contributed by atoms with Crippen molar-refractivity contribution in [3.05, 3.63) is 65.4 Å². The molecule has 0 bridgehead atoms. The number of rotatable bonds is 5. The van der Waals surface area contributed by atoms with E-state index in [1.165, 1.54) is 11.3 Å². The van der Waals surface area contributed by atoms with Crippen LogP contribution < -0.4 is 10.1 Å². The molecule has 2 heterocycles. The topological polar surface area (TPSA) is 64.1 Å². The minimum Gasteiger partial charge on any atom is -0.455 e. The van der Waals surface area contributed by atoms with Gasteiger partial charge in [0, 0.05) is 17.3 Å². The second-order valence-corrected chi connectivity index (χ2v) is 5.84. The van der Waals surface area contributed by atoms with Gasteiger partial charge in [-0.05, 0) is 30.7 Å². The molecule has 0 saturated heterocycles. The standard InChI is InChI=1S/C17H15N3O2S/c1-2-13-11-19-17(23-13)20-16(21)14-7-3-4-8-15(14)22-12-6-5-9-18-10-12/h3-11H,2H2,1H3,(H,19,20,21). The molecule has 0 fully saturated rings. The van der Waals surface area contributed by atoms with Crippen molar-refractivity contribution in [1.29, 1.82) is 0 Å². The number of benzene rings is 1. The first kappa shape index (κ1) is 15.2. The molecule has 0 atom stereocenters. The predicted molar refractivity (Wildman–Crippen MR) is 90.2 cm³/mol. The zero-order valence-corrected chi connectivity index (χ0v) is 13.3. The van der Waals surface area contributed by atoms with Gasteiger partial charge in [0.1, 0.15) is 11.5 Å². The summed E-state index contributed by atoms with van der Waals surface area (Å²) >= 11 is 1.47. The average Bonchev–Trinajstić information content (AvgIpc) is 3.04. The van der Waals surface area contributed by atoms with Crippen molar-refractivity contribution < 1.29 is 9.53 Å². The van der Waals surface area contributed by atoms with Crippen LogP contribution in [-0.2, 0) is 6.42 Å². The number of hydrogen-bond acceptors (Lipinski definition) is 5. The fourth-order valence-electron chi connectivity index (χ4n) is 1.97. The Balaban J connectivity index is 1.80. The smallest absolute Gasteiger partial charge is 0.261 e. The minimum absolute atomic E-state index is 0.249. The average molecular weight is 325 g/mol. The first-order valence-electron chi connectivity index (χ1n) is 7.19. The van der Waals surface area contributed by atoms with Crippen molar-refractivity contribution in [3.8, 4) is 11.5 Å². The first-order chi connectivity index (χ1) is 11.3. The maximum atomic E-state index is 12.5. The summed E-state index contributed by atoms with van der Waals surface area (Å²) in [6, 6.07) is 10.7. The fraction of sp³-hybridized carbons (Fsp3) is 0.118. The second-order valence-electron chi connectivity index (χ2n) is 4.73. The normalized spacial score (nSPS) is 10.3. The van der Waals surface area contributed by atoms with E-state index in [0.29, 0.717) is 22.2 Å². The van der Waals surface area contributed by atoms with Gasteiger partial charge in [0.25, 0.3) is 5.91 Å². The number of amides is 1. The summed E-state index contributed by atoms with van der Waals surface area (Å²) < 4.78 is 5.75. The van der Waals surface area contributed by atoms with Crippen LogP contribution in [0, 0.1) is 0 Å². The fourth-order valence-corrected chi connectivity index (χ4v) is 2.72. The summed E-state index contributed by atoms with van der Waals surface area (Å²) in [7, 11) is 0. The van der Waals surface area contributed by atoms with E-state index in [1.807, 2.05) is 6.07 Å². The molecule has 0 aliphatic rings. The Morgan fingerprint density at radius 1 is 1.22 bits per heavy atom. The summed E-state index contributed by atoms with van der Waals surface area (Å²) in [5, 5.41) is 3.40. The van der Waals surface area contributed by atoms with Crippen molar-refractivity contribution in [1.82, 2.24) is 9.97 Å². The van der Waals surface area contributed by atoms with E-state index in [4.69, 9.17) is 4.74 Å². The lowest BCUT2D eigenvalue weighted by molar-refractivity contribution is 0.102. The van der Waals surface area contributed by atoms with E-state index in [0.717, 1.165) is 11.3 Å². The molecule has 0 spiro atoms. The van der Waals surface area contributed by atoms with E-state index < -0.39 is 0 Å². The highest BCUT2D eigenvalue weighted by atomic mass is 32.1. The number of aromatic nitrogens is 2. The number of pyridine rings is 1. The molecule has 0 unspecified atom stereocenters. The summed E-state index contributed by atoms with van der Waals surface area (Å²) in [4.78, 5) is 21.8. The van der Waals surface area contributed by atoms with E-state index in [-0.39, 0.29) is 5.91 Å². The highest BCUT2D eigenvalue weighted by Gasteiger charge is 2.14. The molecular weight excluding hydrogens is 310 g/mol. The highest BCUT2D eigenvalue weighted by molar-refractivity contribution is 7.15. The van der Waals surface area contributed by atoms with Crippen molar-refractivity contribution in [2.75, 3.05) is 5.32 Å². The van der Waals surface area contributed by atoms with Gasteiger partial charge in [-0.2, -0.15) is 0 Å². The van der Waals surface area contributed by atoms with Crippen LogP contribution in [0.4, 0.5) is 5.13 Å². The number of aryl methyl sites for hydroxylation is 1. The molecule has 0 radical (unpaired) electrons. The van der Waals surface area contributed by atoms with Crippen LogP contribution in [-0.4, -0.2) is 15.9 Å². The molecule has 116 valence electrons. The van der Waals surface area contributed by atoms with Crippen LogP contribution in [0.2, 0.25) is 0 Å². The van der Waals surface area contributed by atoms with Gasteiger partial charge in [0.15, 0.2) is 5.13 Å². The number of carbonyl (C=O) groups is 1. The molecule has 3 aromatic rings. The molecule has 5 nitrogen and oxygen atoms in total. The number of thiazole rings is 1. The molecule has 3 rings (SSSR count). The maximum Gasteiger partial charge on any atom is 0.261 e. The Morgan fingerprint density at radius 2 is 2.09 bits per heavy atom. The molecule has 23 heavy (non-hydrogen) atoms. The third-order valence-electron chi connectivity index (χ3n) is 3.12. The number of nitrogens with zero attached hydrogens (tertiary/aromatic N) is 2. The molecule has 2 aromatic heterocycles. The molecule has 6 heteroatoms. The quantitative estimate of drug-likeness (QED) is 0.765. The SMILES string of the molecule is CCc1cnc(NC(=O)c2ccccc2Oc2cccnc2)s1. The Bertz CT molecular complexity index is 802. The van der Waals surface area contributed by atoms with Crippen LogP contribution in [0.1, 0.15) is 22.2 Å².